The summed E-state index contributed by atoms with van der Waals surface area (Å²) in [5.74, 6) is 0.628. The molecular formula is C13H19NO5S. The van der Waals surface area contributed by atoms with E-state index in [4.69, 9.17) is 14.2 Å². The highest BCUT2D eigenvalue weighted by Crippen LogP contribution is 2.20. The standard InChI is InChI=1S/C13H19NO5S/c1-17-10-11-19-12-2-4-13(5-3-12)20(15,16)14-6-8-18-9-7-14/h2-5H,6-11H2,1H3. The van der Waals surface area contributed by atoms with Crippen LogP contribution in [0.2, 0.25) is 0 Å². The summed E-state index contributed by atoms with van der Waals surface area (Å²) in [5, 5.41) is 0. The Labute approximate surface area is 119 Å². The lowest BCUT2D eigenvalue weighted by Gasteiger charge is -2.26. The average molecular weight is 301 g/mol. The van der Waals surface area contributed by atoms with E-state index in [9.17, 15) is 8.42 Å². The molecule has 2 rings (SSSR count). The lowest BCUT2D eigenvalue weighted by atomic mass is 10.3. The van der Waals surface area contributed by atoms with Crippen molar-refractivity contribution in [3.63, 3.8) is 0 Å². The molecule has 20 heavy (non-hydrogen) atoms. The molecule has 0 aromatic heterocycles. The van der Waals surface area contributed by atoms with Crippen molar-refractivity contribution in [2.75, 3.05) is 46.6 Å². The molecule has 7 heteroatoms. The number of benzene rings is 1. The minimum atomic E-state index is -3.43. The van der Waals surface area contributed by atoms with Crippen LogP contribution in [0.5, 0.6) is 5.75 Å². The zero-order valence-corrected chi connectivity index (χ0v) is 12.3. The predicted molar refractivity (Wildman–Crippen MR) is 73.4 cm³/mol. The fraction of sp³-hybridized carbons (Fsp3) is 0.538. The van der Waals surface area contributed by atoms with Crippen molar-refractivity contribution in [2.45, 2.75) is 4.90 Å². The monoisotopic (exact) mass is 301 g/mol. The number of ether oxygens (including phenoxy) is 3. The molecule has 1 aromatic carbocycles. The van der Waals surface area contributed by atoms with Gasteiger partial charge in [-0.05, 0) is 24.3 Å². The van der Waals surface area contributed by atoms with Crippen LogP contribution in [0, 0.1) is 0 Å². The van der Waals surface area contributed by atoms with Gasteiger partial charge in [-0.1, -0.05) is 0 Å². The first-order valence-corrected chi connectivity index (χ1v) is 7.88. The van der Waals surface area contributed by atoms with Crippen molar-refractivity contribution in [3.05, 3.63) is 24.3 Å². The fourth-order valence-electron chi connectivity index (χ4n) is 1.89. The van der Waals surface area contributed by atoms with Gasteiger partial charge in [-0.2, -0.15) is 4.31 Å². The Morgan fingerprint density at radius 2 is 1.80 bits per heavy atom. The number of hydrogen-bond donors (Lipinski definition) is 0. The molecule has 6 nitrogen and oxygen atoms in total. The summed E-state index contributed by atoms with van der Waals surface area (Å²) < 4.78 is 41.6. The zero-order valence-electron chi connectivity index (χ0n) is 11.4. The second kappa shape index (κ2) is 7.03. The van der Waals surface area contributed by atoms with Gasteiger partial charge < -0.3 is 14.2 Å². The third-order valence-electron chi connectivity index (χ3n) is 2.99. The van der Waals surface area contributed by atoms with Gasteiger partial charge in [0.15, 0.2) is 0 Å². The quantitative estimate of drug-likeness (QED) is 0.725. The lowest BCUT2D eigenvalue weighted by Crippen LogP contribution is -2.40. The maximum Gasteiger partial charge on any atom is 0.243 e. The number of morpholine rings is 1. The van der Waals surface area contributed by atoms with Crippen LogP contribution in [0.4, 0.5) is 0 Å². The molecule has 0 amide bonds. The largest absolute Gasteiger partial charge is 0.491 e. The van der Waals surface area contributed by atoms with Crippen LogP contribution >= 0.6 is 0 Å². The summed E-state index contributed by atoms with van der Waals surface area (Å²) in [6.45, 7) is 2.61. The molecule has 1 aliphatic heterocycles. The van der Waals surface area contributed by atoms with Crippen LogP contribution in [0.3, 0.4) is 0 Å². The van der Waals surface area contributed by atoms with Crippen LogP contribution in [0.15, 0.2) is 29.2 Å². The van der Waals surface area contributed by atoms with E-state index in [-0.39, 0.29) is 4.90 Å². The molecule has 1 fully saturated rings. The van der Waals surface area contributed by atoms with E-state index in [1.54, 1.807) is 31.4 Å². The molecule has 1 saturated heterocycles. The predicted octanol–water partition coefficient (Wildman–Crippen LogP) is 0.733. The molecule has 0 saturated carbocycles. The molecule has 1 aromatic rings. The first-order chi connectivity index (χ1) is 9.64. The van der Waals surface area contributed by atoms with Crippen LogP contribution in [-0.4, -0.2) is 59.3 Å². The first-order valence-electron chi connectivity index (χ1n) is 6.44. The highest BCUT2D eigenvalue weighted by atomic mass is 32.2. The molecule has 0 radical (unpaired) electrons. The lowest BCUT2D eigenvalue weighted by molar-refractivity contribution is 0.0730. The van der Waals surface area contributed by atoms with E-state index in [2.05, 4.69) is 0 Å². The molecule has 1 heterocycles. The van der Waals surface area contributed by atoms with E-state index in [1.165, 1.54) is 4.31 Å². The second-order valence-electron chi connectivity index (χ2n) is 4.33. The van der Waals surface area contributed by atoms with Crippen molar-refractivity contribution in [1.82, 2.24) is 4.31 Å². The molecule has 0 spiro atoms. The van der Waals surface area contributed by atoms with Crippen LogP contribution in [0.1, 0.15) is 0 Å². The Bertz CT molecular complexity index is 508. The molecule has 0 N–H and O–H groups in total. The van der Waals surface area contributed by atoms with Crippen molar-refractivity contribution < 1.29 is 22.6 Å². The molecule has 0 atom stereocenters. The Hall–Kier alpha value is -1.15. The molecule has 0 unspecified atom stereocenters. The van der Waals surface area contributed by atoms with Gasteiger partial charge in [0.2, 0.25) is 10.0 Å². The molecule has 1 aliphatic rings. The van der Waals surface area contributed by atoms with Gasteiger partial charge in [0.1, 0.15) is 12.4 Å². The summed E-state index contributed by atoms with van der Waals surface area (Å²) in [7, 11) is -1.83. The van der Waals surface area contributed by atoms with E-state index in [1.807, 2.05) is 0 Å². The summed E-state index contributed by atoms with van der Waals surface area (Å²) in [4.78, 5) is 0.276. The Morgan fingerprint density at radius 1 is 1.15 bits per heavy atom. The number of nitrogens with zero attached hydrogens (tertiary/aromatic N) is 1. The van der Waals surface area contributed by atoms with Crippen molar-refractivity contribution in [3.8, 4) is 5.75 Å². The first kappa shape index (κ1) is 15.2. The molecule has 0 bridgehead atoms. The van der Waals surface area contributed by atoms with Gasteiger partial charge in [-0.3, -0.25) is 0 Å². The van der Waals surface area contributed by atoms with Gasteiger partial charge in [0.25, 0.3) is 0 Å². The number of sulfonamides is 1. The van der Waals surface area contributed by atoms with Crippen molar-refractivity contribution in [2.24, 2.45) is 0 Å². The topological polar surface area (TPSA) is 65.1 Å². The average Bonchev–Trinajstić information content (AvgIpc) is 2.49. The summed E-state index contributed by atoms with van der Waals surface area (Å²) in [5.41, 5.74) is 0. The highest BCUT2D eigenvalue weighted by molar-refractivity contribution is 7.89. The van der Waals surface area contributed by atoms with E-state index < -0.39 is 10.0 Å². The Morgan fingerprint density at radius 3 is 2.40 bits per heavy atom. The minimum Gasteiger partial charge on any atom is -0.491 e. The van der Waals surface area contributed by atoms with E-state index in [0.29, 0.717) is 45.3 Å². The van der Waals surface area contributed by atoms with Crippen LogP contribution in [-0.2, 0) is 19.5 Å². The third kappa shape index (κ3) is 3.69. The van der Waals surface area contributed by atoms with E-state index >= 15 is 0 Å². The molecule has 0 aliphatic carbocycles. The second-order valence-corrected chi connectivity index (χ2v) is 6.27. The van der Waals surface area contributed by atoms with Gasteiger partial charge in [-0.15, -0.1) is 0 Å². The van der Waals surface area contributed by atoms with E-state index in [0.717, 1.165) is 0 Å². The summed E-state index contributed by atoms with van der Waals surface area (Å²) in [6.07, 6.45) is 0. The van der Waals surface area contributed by atoms with Crippen LogP contribution in [0.25, 0.3) is 0 Å². The summed E-state index contributed by atoms with van der Waals surface area (Å²) >= 11 is 0. The normalized spacial score (nSPS) is 17.1. The molecular weight excluding hydrogens is 282 g/mol. The van der Waals surface area contributed by atoms with Gasteiger partial charge in [0, 0.05) is 20.2 Å². The smallest absolute Gasteiger partial charge is 0.243 e. The molecule has 112 valence electrons. The van der Waals surface area contributed by atoms with Gasteiger partial charge in [0.05, 0.1) is 24.7 Å². The summed E-state index contributed by atoms with van der Waals surface area (Å²) in [6, 6.07) is 6.44. The zero-order chi connectivity index (χ0) is 14.4. The maximum absolute atomic E-state index is 12.4. The number of hydrogen-bond acceptors (Lipinski definition) is 5. The minimum absolute atomic E-state index is 0.276. The highest BCUT2D eigenvalue weighted by Gasteiger charge is 2.26. The number of methoxy groups -OCH3 is 1. The van der Waals surface area contributed by atoms with Gasteiger partial charge >= 0.3 is 0 Å². The fourth-order valence-corrected chi connectivity index (χ4v) is 3.29. The van der Waals surface area contributed by atoms with Crippen molar-refractivity contribution >= 4 is 10.0 Å². The van der Waals surface area contributed by atoms with Gasteiger partial charge in [-0.25, -0.2) is 8.42 Å². The maximum atomic E-state index is 12.4. The van der Waals surface area contributed by atoms with Crippen molar-refractivity contribution in [1.29, 1.82) is 0 Å². The Kier molecular flexibility index (Phi) is 5.36. The third-order valence-corrected chi connectivity index (χ3v) is 4.90. The Balaban J connectivity index is 2.04. The SMILES string of the molecule is COCCOc1ccc(S(=O)(=O)N2CCOCC2)cc1. The van der Waals surface area contributed by atoms with Crippen LogP contribution < -0.4 is 4.74 Å². The number of rotatable bonds is 6.